The van der Waals surface area contributed by atoms with Crippen molar-refractivity contribution in [1.29, 1.82) is 0 Å². The molecule has 0 fully saturated rings. The van der Waals surface area contributed by atoms with Crippen LogP contribution in [0.4, 0.5) is 4.39 Å². The summed E-state index contributed by atoms with van der Waals surface area (Å²) in [7, 11) is 1.26. The van der Waals surface area contributed by atoms with Gasteiger partial charge < -0.3 is 15.4 Å². The molecule has 7 heteroatoms. The molecule has 0 aliphatic rings. The molecule has 0 aliphatic heterocycles. The van der Waals surface area contributed by atoms with Gasteiger partial charge in [-0.05, 0) is 48.2 Å². The molecule has 2 aromatic rings. The summed E-state index contributed by atoms with van der Waals surface area (Å²) in [6, 6.07) is 9.65. The van der Waals surface area contributed by atoms with Crippen LogP contribution in [0.5, 0.6) is 0 Å². The van der Waals surface area contributed by atoms with Gasteiger partial charge in [0.15, 0.2) is 0 Å². The summed E-state index contributed by atoms with van der Waals surface area (Å²) in [5, 5.41) is 5.27. The predicted molar refractivity (Wildman–Crippen MR) is 111 cm³/mol. The number of rotatable bonds is 8. The first-order valence-corrected chi connectivity index (χ1v) is 9.65. The van der Waals surface area contributed by atoms with Crippen LogP contribution in [0.2, 0.25) is 0 Å². The van der Waals surface area contributed by atoms with Crippen LogP contribution in [0.1, 0.15) is 29.2 Å². The summed E-state index contributed by atoms with van der Waals surface area (Å²) in [4.78, 5) is 36.8. The van der Waals surface area contributed by atoms with Crippen molar-refractivity contribution in [2.45, 2.75) is 45.7 Å². The van der Waals surface area contributed by atoms with Crippen LogP contribution in [0.15, 0.2) is 42.5 Å². The third-order valence-corrected chi connectivity index (χ3v) is 4.86. The second-order valence-electron chi connectivity index (χ2n) is 7.29. The molecule has 0 unspecified atom stereocenters. The minimum Gasteiger partial charge on any atom is -0.467 e. The number of methoxy groups -OCH3 is 1. The van der Waals surface area contributed by atoms with Crippen molar-refractivity contribution in [3.05, 3.63) is 70.5 Å². The molecule has 160 valence electrons. The zero-order chi connectivity index (χ0) is 22.3. The minimum atomic E-state index is -0.917. The van der Waals surface area contributed by atoms with Gasteiger partial charge in [-0.25, -0.2) is 9.18 Å². The lowest BCUT2D eigenvalue weighted by Gasteiger charge is -2.22. The number of halogens is 1. The van der Waals surface area contributed by atoms with E-state index in [4.69, 9.17) is 4.74 Å². The highest BCUT2D eigenvalue weighted by molar-refractivity contribution is 5.90. The van der Waals surface area contributed by atoms with Gasteiger partial charge in [-0.3, -0.25) is 9.59 Å². The number of carbonyl (C=O) groups excluding carboxylic acids is 3. The van der Waals surface area contributed by atoms with Crippen molar-refractivity contribution in [2.24, 2.45) is 0 Å². The van der Waals surface area contributed by atoms with E-state index >= 15 is 0 Å². The predicted octanol–water partition coefficient (Wildman–Crippen LogP) is 2.39. The number of benzene rings is 2. The summed E-state index contributed by atoms with van der Waals surface area (Å²) in [6.45, 7) is 5.27. The Labute approximate surface area is 175 Å². The molecule has 0 saturated heterocycles. The Kier molecular flexibility index (Phi) is 8.09. The van der Waals surface area contributed by atoms with Crippen molar-refractivity contribution in [3.8, 4) is 0 Å². The Morgan fingerprint density at radius 2 is 1.50 bits per heavy atom. The van der Waals surface area contributed by atoms with E-state index in [-0.39, 0.29) is 18.7 Å². The van der Waals surface area contributed by atoms with Gasteiger partial charge in [-0.1, -0.05) is 30.3 Å². The third kappa shape index (κ3) is 6.69. The maximum absolute atomic E-state index is 13.2. The van der Waals surface area contributed by atoms with E-state index < -0.39 is 29.8 Å². The normalized spacial score (nSPS) is 12.6. The van der Waals surface area contributed by atoms with Crippen LogP contribution in [0.25, 0.3) is 0 Å². The highest BCUT2D eigenvalue weighted by Gasteiger charge is 2.27. The summed E-state index contributed by atoms with van der Waals surface area (Å²) < 4.78 is 18.0. The summed E-state index contributed by atoms with van der Waals surface area (Å²) >= 11 is 0. The summed E-state index contributed by atoms with van der Waals surface area (Å²) in [6.07, 6.45) is 0.409. The molecule has 2 aromatic carbocycles. The first-order valence-electron chi connectivity index (χ1n) is 9.65. The number of esters is 1. The average Bonchev–Trinajstić information content (AvgIpc) is 2.70. The summed E-state index contributed by atoms with van der Waals surface area (Å²) in [5.41, 5.74) is 3.76. The molecule has 2 rings (SSSR count). The second-order valence-corrected chi connectivity index (χ2v) is 7.29. The molecule has 0 bridgehead atoms. The van der Waals surface area contributed by atoms with Crippen molar-refractivity contribution in [2.75, 3.05) is 7.11 Å². The van der Waals surface area contributed by atoms with Crippen LogP contribution < -0.4 is 10.6 Å². The molecule has 2 atom stereocenters. The van der Waals surface area contributed by atoms with Gasteiger partial charge in [0.2, 0.25) is 11.8 Å². The molecule has 2 N–H and O–H groups in total. The van der Waals surface area contributed by atoms with Gasteiger partial charge in [0.25, 0.3) is 0 Å². The Hall–Kier alpha value is -3.22. The lowest BCUT2D eigenvalue weighted by Crippen LogP contribution is -2.53. The van der Waals surface area contributed by atoms with Crippen molar-refractivity contribution in [3.63, 3.8) is 0 Å². The van der Waals surface area contributed by atoms with Crippen LogP contribution in [-0.2, 0) is 32.0 Å². The zero-order valence-electron chi connectivity index (χ0n) is 17.6. The number of ether oxygens (including phenoxy) is 1. The Balaban J connectivity index is 2.18. The van der Waals surface area contributed by atoms with E-state index in [0.717, 1.165) is 16.7 Å². The number of hydrogen-bond acceptors (Lipinski definition) is 4. The number of hydrogen-bond donors (Lipinski definition) is 2. The van der Waals surface area contributed by atoms with E-state index in [0.29, 0.717) is 5.56 Å². The average molecular weight is 414 g/mol. The highest BCUT2D eigenvalue weighted by atomic mass is 19.1. The molecule has 0 heterocycles. The number of aryl methyl sites for hydroxylation is 2. The second kappa shape index (κ2) is 10.5. The van der Waals surface area contributed by atoms with E-state index in [9.17, 15) is 18.8 Å². The molecule has 0 radical (unpaired) electrons. The van der Waals surface area contributed by atoms with Crippen LogP contribution in [0.3, 0.4) is 0 Å². The van der Waals surface area contributed by atoms with Crippen molar-refractivity contribution in [1.82, 2.24) is 10.6 Å². The van der Waals surface area contributed by atoms with Gasteiger partial charge in [-0.2, -0.15) is 0 Å². The van der Waals surface area contributed by atoms with Gasteiger partial charge in [0.05, 0.1) is 7.11 Å². The quantitative estimate of drug-likeness (QED) is 0.650. The Morgan fingerprint density at radius 3 is 2.07 bits per heavy atom. The molecule has 6 nitrogen and oxygen atoms in total. The van der Waals surface area contributed by atoms with Crippen LogP contribution in [0, 0.1) is 19.7 Å². The van der Waals surface area contributed by atoms with Gasteiger partial charge in [0, 0.05) is 19.8 Å². The molecule has 0 spiro atoms. The van der Waals surface area contributed by atoms with E-state index in [1.54, 1.807) is 12.1 Å². The fourth-order valence-electron chi connectivity index (χ4n) is 3.08. The van der Waals surface area contributed by atoms with Crippen molar-refractivity contribution < 1.29 is 23.5 Å². The number of amides is 2. The maximum atomic E-state index is 13.2. The molecule has 2 amide bonds. The molecule has 0 aliphatic carbocycles. The first-order chi connectivity index (χ1) is 14.2. The lowest BCUT2D eigenvalue weighted by atomic mass is 10.00. The number of carbonyl (C=O) groups is 3. The van der Waals surface area contributed by atoms with Gasteiger partial charge in [0.1, 0.15) is 17.9 Å². The van der Waals surface area contributed by atoms with Crippen LogP contribution in [-0.4, -0.2) is 37.0 Å². The molecular formula is C23H27FN2O4. The van der Waals surface area contributed by atoms with E-state index in [1.807, 2.05) is 32.0 Å². The van der Waals surface area contributed by atoms with E-state index in [2.05, 4.69) is 10.6 Å². The third-order valence-electron chi connectivity index (χ3n) is 4.86. The SMILES string of the molecule is COC(=O)[C@H](Cc1ccc(C)c(C)c1)NC(=O)[C@H](Cc1ccc(F)cc1)NC(C)=O. The van der Waals surface area contributed by atoms with Gasteiger partial charge >= 0.3 is 5.97 Å². The Bertz CT molecular complexity index is 912. The van der Waals surface area contributed by atoms with E-state index in [1.165, 1.54) is 26.2 Å². The Morgan fingerprint density at radius 1 is 0.900 bits per heavy atom. The largest absolute Gasteiger partial charge is 0.467 e. The summed E-state index contributed by atoms with van der Waals surface area (Å²) in [5.74, 6) is -1.88. The monoisotopic (exact) mass is 414 g/mol. The minimum absolute atomic E-state index is 0.156. The molecule has 0 aromatic heterocycles. The van der Waals surface area contributed by atoms with Crippen LogP contribution >= 0.6 is 0 Å². The first kappa shape index (κ1) is 23.1. The lowest BCUT2D eigenvalue weighted by molar-refractivity contribution is -0.145. The van der Waals surface area contributed by atoms with Gasteiger partial charge in [-0.15, -0.1) is 0 Å². The molecular weight excluding hydrogens is 387 g/mol. The molecule has 0 saturated carbocycles. The molecule has 30 heavy (non-hydrogen) atoms. The standard InChI is InChI=1S/C23H27FN2O4/c1-14-5-6-18(11-15(14)2)13-21(23(29)30-4)26-22(28)20(25-16(3)27)12-17-7-9-19(24)10-8-17/h5-11,20-21H,12-13H2,1-4H3,(H,25,27)(H,26,28)/t20-,21-/m0/s1. The zero-order valence-corrected chi connectivity index (χ0v) is 17.6. The smallest absolute Gasteiger partial charge is 0.328 e. The highest BCUT2D eigenvalue weighted by Crippen LogP contribution is 2.13. The fourth-order valence-corrected chi connectivity index (χ4v) is 3.08. The number of nitrogens with one attached hydrogen (secondary N) is 2. The topological polar surface area (TPSA) is 84.5 Å². The van der Waals surface area contributed by atoms with Crippen molar-refractivity contribution >= 4 is 17.8 Å². The maximum Gasteiger partial charge on any atom is 0.328 e. The fraction of sp³-hybridized carbons (Fsp3) is 0.348.